The minimum Gasteiger partial charge on any atom is -0.481 e. The van der Waals surface area contributed by atoms with Crippen molar-refractivity contribution in [3.8, 4) is 5.88 Å². The van der Waals surface area contributed by atoms with Crippen LogP contribution < -0.4 is 10.5 Å². The molecule has 114 valence electrons. The third-order valence-corrected chi connectivity index (χ3v) is 3.59. The molecule has 1 aliphatic rings. The number of aromatic nitrogens is 1. The molecule has 1 aromatic carbocycles. The molecular weight excluding hydrogens is 278 g/mol. The van der Waals surface area contributed by atoms with Gasteiger partial charge in [-0.1, -0.05) is 35.9 Å². The van der Waals surface area contributed by atoms with E-state index < -0.39 is 0 Å². The van der Waals surface area contributed by atoms with Gasteiger partial charge in [0.1, 0.15) is 0 Å². The summed E-state index contributed by atoms with van der Waals surface area (Å²) < 4.78 is 5.09. The zero-order chi connectivity index (χ0) is 15.5. The quantitative estimate of drug-likeness (QED) is 0.940. The average molecular weight is 297 g/mol. The molecule has 3 rings (SSSR count). The van der Waals surface area contributed by atoms with Crippen LogP contribution in [0.4, 0.5) is 0 Å². The van der Waals surface area contributed by atoms with E-state index in [9.17, 15) is 0 Å². The molecule has 0 saturated heterocycles. The molecule has 5 heteroatoms. The van der Waals surface area contributed by atoms with E-state index in [0.717, 1.165) is 5.56 Å². The van der Waals surface area contributed by atoms with Gasteiger partial charge in [-0.05, 0) is 18.1 Å². The molecule has 2 N–H and O–H groups in total. The number of methoxy groups -OCH3 is 1. The molecule has 0 aliphatic carbocycles. The van der Waals surface area contributed by atoms with Crippen LogP contribution in [0.25, 0.3) is 0 Å². The van der Waals surface area contributed by atoms with E-state index >= 15 is 0 Å². The van der Waals surface area contributed by atoms with Gasteiger partial charge in [-0.15, -0.1) is 5.06 Å². The number of hydrogen-bond acceptors (Lipinski definition) is 5. The molecule has 2 heterocycles. The second-order valence-corrected chi connectivity index (χ2v) is 5.30. The van der Waals surface area contributed by atoms with Crippen LogP contribution in [0.3, 0.4) is 0 Å². The minimum absolute atomic E-state index is 0.0566. The Bertz CT molecular complexity index is 683. The van der Waals surface area contributed by atoms with Crippen molar-refractivity contribution in [2.75, 3.05) is 7.11 Å². The first-order chi connectivity index (χ1) is 10.7. The van der Waals surface area contributed by atoms with Gasteiger partial charge in [0.05, 0.1) is 19.7 Å². The number of aryl methyl sites for hydroxylation is 1. The lowest BCUT2D eigenvalue weighted by Gasteiger charge is -2.23. The summed E-state index contributed by atoms with van der Waals surface area (Å²) in [5.74, 6) is 0.998. The molecule has 1 aliphatic heterocycles. The summed E-state index contributed by atoms with van der Waals surface area (Å²) in [6, 6.07) is 12.1. The number of ether oxygens (including phenoxy) is 1. The van der Waals surface area contributed by atoms with Crippen molar-refractivity contribution in [3.05, 3.63) is 71.2 Å². The fourth-order valence-electron chi connectivity index (χ4n) is 2.53. The third kappa shape index (κ3) is 3.04. The maximum absolute atomic E-state index is 5.84. The summed E-state index contributed by atoms with van der Waals surface area (Å²) in [5, 5.41) is 1.85. The second-order valence-electron chi connectivity index (χ2n) is 5.30. The maximum Gasteiger partial charge on any atom is 0.212 e. The van der Waals surface area contributed by atoms with Gasteiger partial charge in [0, 0.05) is 18.3 Å². The van der Waals surface area contributed by atoms with Gasteiger partial charge in [-0.2, -0.15) is 0 Å². The van der Waals surface area contributed by atoms with Crippen molar-refractivity contribution < 1.29 is 9.57 Å². The van der Waals surface area contributed by atoms with Crippen molar-refractivity contribution in [1.82, 2.24) is 10.0 Å². The Labute approximate surface area is 129 Å². The SMILES string of the molecule is COc1ccc(C2C=C(N)ON2Cc2cccc(C)c2)cn1. The monoisotopic (exact) mass is 297 g/mol. The summed E-state index contributed by atoms with van der Waals surface area (Å²) in [7, 11) is 1.60. The van der Waals surface area contributed by atoms with E-state index in [1.165, 1.54) is 11.1 Å². The highest BCUT2D eigenvalue weighted by Crippen LogP contribution is 2.31. The first-order valence-corrected chi connectivity index (χ1v) is 7.13. The molecule has 0 spiro atoms. The first-order valence-electron chi connectivity index (χ1n) is 7.13. The molecule has 0 fully saturated rings. The standard InChI is InChI=1S/C17H19N3O2/c1-12-4-3-5-13(8-12)11-20-15(9-16(18)22-20)14-6-7-17(21-2)19-10-14/h3-10,15H,11,18H2,1-2H3. The molecule has 0 bridgehead atoms. The van der Waals surface area contributed by atoms with Crippen LogP contribution in [-0.2, 0) is 11.4 Å². The van der Waals surface area contributed by atoms with Gasteiger partial charge in [0.2, 0.25) is 11.8 Å². The molecule has 0 radical (unpaired) electrons. The van der Waals surface area contributed by atoms with Gasteiger partial charge in [-0.25, -0.2) is 4.98 Å². The minimum atomic E-state index is -0.0566. The summed E-state index contributed by atoms with van der Waals surface area (Å²) in [6.07, 6.45) is 3.67. The Kier molecular flexibility index (Phi) is 3.98. The number of nitrogens with zero attached hydrogens (tertiary/aromatic N) is 2. The number of benzene rings is 1. The van der Waals surface area contributed by atoms with Gasteiger partial charge < -0.3 is 15.3 Å². The number of hydroxylamine groups is 2. The lowest BCUT2D eigenvalue weighted by Crippen LogP contribution is -2.23. The van der Waals surface area contributed by atoms with Crippen molar-refractivity contribution >= 4 is 0 Å². The Morgan fingerprint density at radius 3 is 2.86 bits per heavy atom. The molecule has 0 saturated carbocycles. The highest BCUT2D eigenvalue weighted by molar-refractivity contribution is 5.27. The average Bonchev–Trinajstić information content (AvgIpc) is 2.88. The van der Waals surface area contributed by atoms with Crippen LogP contribution >= 0.6 is 0 Å². The summed E-state index contributed by atoms with van der Waals surface area (Å²) in [6.45, 7) is 2.72. The van der Waals surface area contributed by atoms with Gasteiger partial charge >= 0.3 is 0 Å². The number of pyridine rings is 1. The lowest BCUT2D eigenvalue weighted by molar-refractivity contribution is -0.127. The van der Waals surface area contributed by atoms with Crippen LogP contribution in [0.2, 0.25) is 0 Å². The molecule has 5 nitrogen and oxygen atoms in total. The van der Waals surface area contributed by atoms with Crippen LogP contribution in [0.15, 0.2) is 54.6 Å². The van der Waals surface area contributed by atoms with Crippen LogP contribution in [0.1, 0.15) is 22.7 Å². The molecular formula is C17H19N3O2. The predicted molar refractivity (Wildman–Crippen MR) is 83.6 cm³/mol. The Balaban J connectivity index is 1.81. The molecule has 1 aromatic heterocycles. The van der Waals surface area contributed by atoms with Crippen molar-refractivity contribution in [2.24, 2.45) is 5.73 Å². The summed E-state index contributed by atoms with van der Waals surface area (Å²) >= 11 is 0. The number of hydrogen-bond donors (Lipinski definition) is 1. The molecule has 1 unspecified atom stereocenters. The van der Waals surface area contributed by atoms with Crippen LogP contribution in [0, 0.1) is 6.92 Å². The zero-order valence-corrected chi connectivity index (χ0v) is 12.7. The molecule has 0 amide bonds. The van der Waals surface area contributed by atoms with Gasteiger partial charge in [-0.3, -0.25) is 0 Å². The highest BCUT2D eigenvalue weighted by atomic mass is 16.7. The largest absolute Gasteiger partial charge is 0.481 e. The Morgan fingerprint density at radius 2 is 2.18 bits per heavy atom. The normalized spacial score (nSPS) is 17.9. The molecule has 22 heavy (non-hydrogen) atoms. The van der Waals surface area contributed by atoms with Crippen molar-refractivity contribution in [2.45, 2.75) is 19.5 Å². The number of nitrogens with two attached hydrogens (primary N) is 1. The van der Waals surface area contributed by atoms with E-state index in [1.807, 2.05) is 29.3 Å². The smallest absolute Gasteiger partial charge is 0.212 e. The predicted octanol–water partition coefficient (Wildman–Crippen LogP) is 2.69. The number of rotatable bonds is 4. The van der Waals surface area contributed by atoms with Crippen molar-refractivity contribution in [3.63, 3.8) is 0 Å². The van der Waals surface area contributed by atoms with E-state index in [4.69, 9.17) is 15.3 Å². The second kappa shape index (κ2) is 6.07. The summed E-state index contributed by atoms with van der Waals surface area (Å²) in [4.78, 5) is 9.89. The topological polar surface area (TPSA) is 60.6 Å². The van der Waals surface area contributed by atoms with E-state index in [1.54, 1.807) is 13.3 Å². The fourth-order valence-corrected chi connectivity index (χ4v) is 2.53. The summed E-state index contributed by atoms with van der Waals surface area (Å²) in [5.41, 5.74) is 9.25. The maximum atomic E-state index is 5.84. The highest BCUT2D eigenvalue weighted by Gasteiger charge is 2.27. The Hall–Kier alpha value is -2.53. The zero-order valence-electron chi connectivity index (χ0n) is 12.7. The van der Waals surface area contributed by atoms with E-state index in [-0.39, 0.29) is 6.04 Å². The van der Waals surface area contributed by atoms with E-state index in [2.05, 4.69) is 30.1 Å². The molecule has 1 atom stereocenters. The lowest BCUT2D eigenvalue weighted by atomic mass is 10.1. The van der Waals surface area contributed by atoms with Gasteiger partial charge in [0.15, 0.2) is 0 Å². The van der Waals surface area contributed by atoms with Crippen molar-refractivity contribution in [1.29, 1.82) is 0 Å². The molecule has 2 aromatic rings. The van der Waals surface area contributed by atoms with Crippen LogP contribution in [0.5, 0.6) is 5.88 Å². The Morgan fingerprint density at radius 1 is 1.32 bits per heavy atom. The third-order valence-electron chi connectivity index (χ3n) is 3.59. The fraction of sp³-hybridized carbons (Fsp3) is 0.235. The van der Waals surface area contributed by atoms with Gasteiger partial charge in [0.25, 0.3) is 0 Å². The first kappa shape index (κ1) is 14.4. The van der Waals surface area contributed by atoms with E-state index in [0.29, 0.717) is 18.3 Å². The van der Waals surface area contributed by atoms with Crippen LogP contribution in [-0.4, -0.2) is 17.2 Å².